The Morgan fingerprint density at radius 3 is 2.56 bits per heavy atom. The van der Waals surface area contributed by atoms with E-state index in [-0.39, 0.29) is 0 Å². The second-order valence-corrected chi connectivity index (χ2v) is 6.02. The van der Waals surface area contributed by atoms with Crippen molar-refractivity contribution in [1.29, 1.82) is 0 Å². The Bertz CT molecular complexity index is 794. The largest absolute Gasteiger partial charge is 0.444 e. The highest BCUT2D eigenvalue weighted by atomic mass is 16.5. The minimum Gasteiger partial charge on any atom is -0.444 e. The first-order chi connectivity index (χ1) is 12.4. The molecule has 0 radical (unpaired) electrons. The van der Waals surface area contributed by atoms with Gasteiger partial charge >= 0.3 is 0 Å². The topological polar surface area (TPSA) is 50.5 Å². The number of nitrogens with one attached hydrogen (secondary N) is 1. The van der Waals surface area contributed by atoms with E-state index in [0.29, 0.717) is 0 Å². The number of benzene rings is 2. The second-order valence-electron chi connectivity index (χ2n) is 6.02. The van der Waals surface area contributed by atoms with Crippen LogP contribution in [-0.4, -0.2) is 31.3 Å². The third kappa shape index (κ3) is 3.67. The molecule has 1 N–H and O–H groups in total. The maximum atomic E-state index is 5.46. The maximum absolute atomic E-state index is 5.46. The van der Waals surface area contributed by atoms with Crippen LogP contribution in [0.15, 0.2) is 65.5 Å². The van der Waals surface area contributed by atoms with E-state index in [2.05, 4.69) is 51.6 Å². The maximum Gasteiger partial charge on any atom is 0.181 e. The summed E-state index contributed by atoms with van der Waals surface area (Å²) in [6.07, 6.45) is 3.17. The van der Waals surface area contributed by atoms with Gasteiger partial charge in [-0.05, 0) is 35.9 Å². The highest BCUT2D eigenvalue weighted by molar-refractivity contribution is 5.61. The quantitative estimate of drug-likeness (QED) is 0.769. The summed E-state index contributed by atoms with van der Waals surface area (Å²) in [6.45, 7) is 4.27. The van der Waals surface area contributed by atoms with Crippen molar-refractivity contribution in [2.75, 3.05) is 36.5 Å². The van der Waals surface area contributed by atoms with Crippen LogP contribution in [0.5, 0.6) is 0 Å². The van der Waals surface area contributed by atoms with E-state index < -0.39 is 0 Å². The number of anilines is 2. The predicted octanol–water partition coefficient (Wildman–Crippen LogP) is 3.79. The van der Waals surface area contributed by atoms with Crippen molar-refractivity contribution in [3.63, 3.8) is 0 Å². The highest BCUT2D eigenvalue weighted by Gasteiger charge is 2.14. The molecule has 2 aromatic carbocycles. The molecule has 0 amide bonds. The number of oxazole rings is 1. The van der Waals surface area contributed by atoms with Crippen LogP contribution in [0.1, 0.15) is 5.56 Å². The van der Waals surface area contributed by atoms with Gasteiger partial charge in [-0.25, -0.2) is 4.98 Å². The fraction of sp³-hybridized carbons (Fsp3) is 0.250. The number of para-hydroxylation sites is 1. The molecule has 4 rings (SSSR count). The van der Waals surface area contributed by atoms with E-state index in [1.807, 2.05) is 12.1 Å². The van der Waals surface area contributed by atoms with Gasteiger partial charge in [0.1, 0.15) is 0 Å². The number of ether oxygens (including phenoxy) is 1. The molecule has 3 aromatic rings. The minimum atomic E-state index is 0.782. The first-order valence-corrected chi connectivity index (χ1v) is 8.53. The number of aromatic nitrogens is 1. The van der Waals surface area contributed by atoms with E-state index in [9.17, 15) is 0 Å². The third-order valence-corrected chi connectivity index (χ3v) is 4.43. The summed E-state index contributed by atoms with van der Waals surface area (Å²) in [7, 11) is 0. The van der Waals surface area contributed by atoms with E-state index >= 15 is 0 Å². The molecule has 1 aromatic heterocycles. The highest BCUT2D eigenvalue weighted by Crippen LogP contribution is 2.24. The summed E-state index contributed by atoms with van der Waals surface area (Å²) in [5.74, 6) is 0.782. The standard InChI is InChI=1S/C20H21N3O2/c1-2-4-19(23-9-11-24-12-10-23)17(3-1)13-22-18-7-5-16(6-8-18)20-14-21-15-25-20/h1-8,14-15,22H,9-13H2. The number of morpholine rings is 1. The van der Waals surface area contributed by atoms with Gasteiger partial charge in [-0.15, -0.1) is 0 Å². The number of nitrogens with zero attached hydrogens (tertiary/aromatic N) is 2. The Morgan fingerprint density at radius 1 is 1.00 bits per heavy atom. The van der Waals surface area contributed by atoms with E-state index in [1.54, 1.807) is 6.20 Å². The smallest absolute Gasteiger partial charge is 0.181 e. The van der Waals surface area contributed by atoms with Crippen molar-refractivity contribution in [2.45, 2.75) is 6.54 Å². The Balaban J connectivity index is 1.44. The fourth-order valence-corrected chi connectivity index (χ4v) is 3.08. The van der Waals surface area contributed by atoms with Crippen molar-refractivity contribution in [3.05, 3.63) is 66.7 Å². The van der Waals surface area contributed by atoms with Crippen LogP contribution in [0.25, 0.3) is 11.3 Å². The first-order valence-electron chi connectivity index (χ1n) is 8.53. The molecule has 0 atom stereocenters. The summed E-state index contributed by atoms with van der Waals surface area (Å²) < 4.78 is 10.8. The van der Waals surface area contributed by atoms with Crippen molar-refractivity contribution >= 4 is 11.4 Å². The van der Waals surface area contributed by atoms with Crippen LogP contribution < -0.4 is 10.2 Å². The Kier molecular flexibility index (Phi) is 4.65. The predicted molar refractivity (Wildman–Crippen MR) is 98.7 cm³/mol. The van der Waals surface area contributed by atoms with E-state index in [1.165, 1.54) is 17.6 Å². The van der Waals surface area contributed by atoms with Crippen LogP contribution in [0.2, 0.25) is 0 Å². The zero-order chi connectivity index (χ0) is 16.9. The molecule has 5 nitrogen and oxygen atoms in total. The first kappa shape index (κ1) is 15.7. The van der Waals surface area contributed by atoms with Gasteiger partial charge in [0, 0.05) is 36.6 Å². The van der Waals surface area contributed by atoms with Gasteiger partial charge in [0.05, 0.1) is 19.4 Å². The molecule has 0 aliphatic carbocycles. The van der Waals surface area contributed by atoms with Gasteiger partial charge in [0.25, 0.3) is 0 Å². The molecule has 5 heteroatoms. The molecule has 0 bridgehead atoms. The van der Waals surface area contributed by atoms with Gasteiger partial charge in [0.2, 0.25) is 0 Å². The molecule has 0 saturated carbocycles. The summed E-state index contributed by atoms with van der Waals surface area (Å²) in [6, 6.07) is 16.8. The monoisotopic (exact) mass is 335 g/mol. The Labute approximate surface area is 147 Å². The fourth-order valence-electron chi connectivity index (χ4n) is 3.08. The molecule has 0 unspecified atom stereocenters. The second kappa shape index (κ2) is 7.40. The summed E-state index contributed by atoms with van der Waals surface area (Å²) in [4.78, 5) is 6.35. The zero-order valence-corrected chi connectivity index (χ0v) is 14.0. The van der Waals surface area contributed by atoms with Crippen LogP contribution in [-0.2, 0) is 11.3 Å². The Morgan fingerprint density at radius 2 is 1.80 bits per heavy atom. The lowest BCUT2D eigenvalue weighted by molar-refractivity contribution is 0.122. The summed E-state index contributed by atoms with van der Waals surface area (Å²) >= 11 is 0. The molecule has 0 spiro atoms. The van der Waals surface area contributed by atoms with Gasteiger partial charge in [-0.3, -0.25) is 0 Å². The van der Waals surface area contributed by atoms with Gasteiger partial charge in [-0.2, -0.15) is 0 Å². The average Bonchev–Trinajstić information content (AvgIpc) is 3.22. The van der Waals surface area contributed by atoms with Crippen molar-refractivity contribution in [1.82, 2.24) is 4.98 Å². The number of hydrogen-bond donors (Lipinski definition) is 1. The molecule has 25 heavy (non-hydrogen) atoms. The van der Waals surface area contributed by atoms with Gasteiger partial charge in [-0.1, -0.05) is 18.2 Å². The molecule has 1 aliphatic rings. The lowest BCUT2D eigenvalue weighted by Crippen LogP contribution is -2.36. The van der Waals surface area contributed by atoms with Crippen LogP contribution in [0.3, 0.4) is 0 Å². The van der Waals surface area contributed by atoms with Gasteiger partial charge in [0.15, 0.2) is 12.2 Å². The molecule has 1 fully saturated rings. The molecule has 2 heterocycles. The SMILES string of the molecule is c1ccc(N2CCOCC2)c(CNc2ccc(-c3cnco3)cc2)c1. The molecule has 1 saturated heterocycles. The van der Waals surface area contributed by atoms with Crippen LogP contribution >= 0.6 is 0 Å². The number of hydrogen-bond acceptors (Lipinski definition) is 5. The summed E-state index contributed by atoms with van der Waals surface area (Å²) in [5, 5.41) is 3.51. The molecular weight excluding hydrogens is 314 g/mol. The van der Waals surface area contributed by atoms with Gasteiger partial charge < -0.3 is 19.4 Å². The lowest BCUT2D eigenvalue weighted by Gasteiger charge is -2.30. The lowest BCUT2D eigenvalue weighted by atomic mass is 10.1. The van der Waals surface area contributed by atoms with E-state index in [0.717, 1.165) is 49.9 Å². The van der Waals surface area contributed by atoms with Crippen molar-refractivity contribution < 1.29 is 9.15 Å². The summed E-state index contributed by atoms with van der Waals surface area (Å²) in [5.41, 5.74) is 4.69. The molecule has 128 valence electrons. The third-order valence-electron chi connectivity index (χ3n) is 4.43. The normalized spacial score (nSPS) is 14.5. The Hall–Kier alpha value is -2.79. The average molecular weight is 335 g/mol. The molecular formula is C20H21N3O2. The zero-order valence-electron chi connectivity index (χ0n) is 14.0. The van der Waals surface area contributed by atoms with E-state index in [4.69, 9.17) is 9.15 Å². The van der Waals surface area contributed by atoms with Crippen LogP contribution in [0, 0.1) is 0 Å². The number of rotatable bonds is 5. The van der Waals surface area contributed by atoms with Crippen molar-refractivity contribution in [3.8, 4) is 11.3 Å². The van der Waals surface area contributed by atoms with Crippen molar-refractivity contribution in [2.24, 2.45) is 0 Å². The minimum absolute atomic E-state index is 0.782. The molecule has 1 aliphatic heterocycles. The van der Waals surface area contributed by atoms with Crippen LogP contribution in [0.4, 0.5) is 11.4 Å².